The highest BCUT2D eigenvalue weighted by Gasteiger charge is 2.28. The summed E-state index contributed by atoms with van der Waals surface area (Å²) >= 11 is 0. The summed E-state index contributed by atoms with van der Waals surface area (Å²) in [6.07, 6.45) is 4.25. The third-order valence-electron chi connectivity index (χ3n) is 4.76. The molecular weight excluding hydrogens is 337 g/mol. The third kappa shape index (κ3) is 2.44. The van der Waals surface area contributed by atoms with Crippen LogP contribution in [0.3, 0.4) is 0 Å². The van der Waals surface area contributed by atoms with E-state index in [1.165, 1.54) is 23.0 Å². The van der Waals surface area contributed by atoms with Gasteiger partial charge in [-0.1, -0.05) is 0 Å². The summed E-state index contributed by atoms with van der Waals surface area (Å²) in [4.78, 5) is 29.5. The minimum absolute atomic E-state index is 0.156. The summed E-state index contributed by atoms with van der Waals surface area (Å²) in [6.45, 7) is 1.87. The molecule has 3 aromatic rings. The molecule has 0 radical (unpaired) electrons. The van der Waals surface area contributed by atoms with Crippen LogP contribution >= 0.6 is 0 Å². The van der Waals surface area contributed by atoms with Gasteiger partial charge in [0.2, 0.25) is 0 Å². The van der Waals surface area contributed by atoms with Gasteiger partial charge in [0.25, 0.3) is 11.5 Å². The van der Waals surface area contributed by atoms with Crippen LogP contribution in [0.15, 0.2) is 41.5 Å². The van der Waals surface area contributed by atoms with E-state index in [9.17, 15) is 19.1 Å². The molecule has 2 N–H and O–H groups in total. The van der Waals surface area contributed by atoms with E-state index in [4.69, 9.17) is 0 Å². The van der Waals surface area contributed by atoms with Gasteiger partial charge >= 0.3 is 0 Å². The molecule has 26 heavy (non-hydrogen) atoms. The lowest BCUT2D eigenvalue weighted by Crippen LogP contribution is -2.33. The number of carbonyl (C=O) groups is 1. The van der Waals surface area contributed by atoms with E-state index in [1.54, 1.807) is 12.1 Å². The molecule has 0 bridgehead atoms. The Morgan fingerprint density at radius 1 is 1.35 bits per heavy atom. The zero-order valence-corrected chi connectivity index (χ0v) is 14.0. The fraction of sp³-hybridized carbons (Fsp3) is 0.211. The van der Waals surface area contributed by atoms with Gasteiger partial charge in [0.15, 0.2) is 0 Å². The summed E-state index contributed by atoms with van der Waals surface area (Å²) in [5, 5.41) is 13.3. The molecule has 2 aromatic heterocycles. The monoisotopic (exact) mass is 353 g/mol. The lowest BCUT2D eigenvalue weighted by atomic mass is 9.95. The van der Waals surface area contributed by atoms with Crippen molar-refractivity contribution in [3.8, 4) is 5.75 Å². The van der Waals surface area contributed by atoms with Gasteiger partial charge in [0.1, 0.15) is 17.1 Å². The third-order valence-corrected chi connectivity index (χ3v) is 4.76. The maximum absolute atomic E-state index is 14.0. The Morgan fingerprint density at radius 2 is 2.08 bits per heavy atom. The fourth-order valence-corrected chi connectivity index (χ4v) is 3.52. The number of hydrogen-bond donors (Lipinski definition) is 2. The predicted molar refractivity (Wildman–Crippen MR) is 95.1 cm³/mol. The van der Waals surface area contributed by atoms with E-state index >= 15 is 0 Å². The molecule has 1 amide bonds. The number of nitrogens with one attached hydrogen (secondary N) is 1. The number of aryl methyl sites for hydroxylation is 1. The summed E-state index contributed by atoms with van der Waals surface area (Å²) < 4.78 is 15.5. The number of nitrogens with zero attached hydrogens (tertiary/aromatic N) is 2. The first kappa shape index (κ1) is 16.3. The molecule has 0 aliphatic carbocycles. The Morgan fingerprint density at radius 3 is 2.81 bits per heavy atom. The van der Waals surface area contributed by atoms with Crippen LogP contribution in [0.5, 0.6) is 5.75 Å². The number of aromatic nitrogens is 2. The van der Waals surface area contributed by atoms with E-state index in [2.05, 4.69) is 10.3 Å². The van der Waals surface area contributed by atoms with Crippen molar-refractivity contribution < 1.29 is 14.3 Å². The van der Waals surface area contributed by atoms with E-state index in [0.29, 0.717) is 29.6 Å². The van der Waals surface area contributed by atoms with Crippen LogP contribution in [0.25, 0.3) is 10.9 Å². The Balaban J connectivity index is 1.96. The van der Waals surface area contributed by atoms with Crippen molar-refractivity contribution in [1.29, 1.82) is 0 Å². The zero-order valence-electron chi connectivity index (χ0n) is 14.0. The number of benzene rings is 1. The first-order valence-electron chi connectivity index (χ1n) is 8.28. The molecule has 1 aromatic carbocycles. The standard InChI is InChI=1S/C19H16FN3O3/c1-10-2-3-11-8-12(20)9-14-16(11)23(10)19(26)15(17(14)24)18(25)22-13-4-6-21-7-5-13/h4-10,24H,2-3H2,1H3,(H,21,22,25)/t10-/m0/s1. The van der Waals surface area contributed by atoms with Crippen LogP contribution in [-0.2, 0) is 6.42 Å². The highest BCUT2D eigenvalue weighted by Crippen LogP contribution is 2.35. The number of aromatic hydroxyl groups is 1. The van der Waals surface area contributed by atoms with Crippen molar-refractivity contribution in [3.63, 3.8) is 0 Å². The summed E-state index contributed by atoms with van der Waals surface area (Å²) in [5.41, 5.74) is 0.622. The lowest BCUT2D eigenvalue weighted by Gasteiger charge is -2.26. The normalized spacial score (nSPS) is 15.8. The highest BCUT2D eigenvalue weighted by molar-refractivity contribution is 6.09. The topological polar surface area (TPSA) is 84.2 Å². The Labute approximate surface area is 147 Å². The zero-order chi connectivity index (χ0) is 18.4. The lowest BCUT2D eigenvalue weighted by molar-refractivity contribution is 0.102. The first-order valence-corrected chi connectivity index (χ1v) is 8.28. The Bertz CT molecular complexity index is 1090. The molecule has 4 rings (SSSR count). The van der Waals surface area contributed by atoms with E-state index in [-0.39, 0.29) is 17.0 Å². The molecule has 1 aliphatic heterocycles. The number of carbonyl (C=O) groups excluding carboxylic acids is 1. The molecule has 0 unspecified atom stereocenters. The van der Waals surface area contributed by atoms with Gasteiger partial charge in [-0.25, -0.2) is 4.39 Å². The average molecular weight is 353 g/mol. The maximum atomic E-state index is 14.0. The second kappa shape index (κ2) is 5.94. The molecule has 0 fully saturated rings. The number of pyridine rings is 2. The molecular formula is C19H16FN3O3. The predicted octanol–water partition coefficient (Wildman–Crippen LogP) is 3.00. The summed E-state index contributed by atoms with van der Waals surface area (Å²) in [7, 11) is 0. The molecule has 3 heterocycles. The van der Waals surface area contributed by atoms with Gasteiger partial charge in [0.05, 0.1) is 5.52 Å². The molecule has 6 nitrogen and oxygen atoms in total. The van der Waals surface area contributed by atoms with Crippen molar-refractivity contribution in [2.24, 2.45) is 0 Å². The van der Waals surface area contributed by atoms with Gasteiger partial charge in [0, 0.05) is 29.5 Å². The highest BCUT2D eigenvalue weighted by atomic mass is 19.1. The maximum Gasteiger partial charge on any atom is 0.267 e. The molecule has 0 saturated heterocycles. The minimum Gasteiger partial charge on any atom is -0.506 e. The molecule has 132 valence electrons. The molecule has 1 atom stereocenters. The quantitative estimate of drug-likeness (QED) is 0.742. The second-order valence-electron chi connectivity index (χ2n) is 6.44. The number of amides is 1. The van der Waals surface area contributed by atoms with E-state index in [0.717, 1.165) is 6.07 Å². The number of anilines is 1. The number of halogens is 1. The van der Waals surface area contributed by atoms with Gasteiger partial charge < -0.3 is 15.0 Å². The Hall–Kier alpha value is -3.22. The van der Waals surface area contributed by atoms with Crippen LogP contribution in [0.2, 0.25) is 0 Å². The van der Waals surface area contributed by atoms with Gasteiger partial charge in [-0.15, -0.1) is 0 Å². The first-order chi connectivity index (χ1) is 12.5. The average Bonchev–Trinajstić information content (AvgIpc) is 2.61. The van der Waals surface area contributed by atoms with Crippen molar-refractivity contribution >= 4 is 22.5 Å². The van der Waals surface area contributed by atoms with Crippen molar-refractivity contribution in [3.05, 3.63) is 64.0 Å². The fourth-order valence-electron chi connectivity index (χ4n) is 3.52. The minimum atomic E-state index is -0.743. The van der Waals surface area contributed by atoms with E-state index in [1.807, 2.05) is 6.92 Å². The second-order valence-corrected chi connectivity index (χ2v) is 6.44. The van der Waals surface area contributed by atoms with Crippen LogP contribution in [0.4, 0.5) is 10.1 Å². The van der Waals surface area contributed by atoms with Crippen molar-refractivity contribution in [1.82, 2.24) is 9.55 Å². The van der Waals surface area contributed by atoms with Gasteiger partial charge in [-0.2, -0.15) is 0 Å². The molecule has 0 spiro atoms. The Kier molecular flexibility index (Phi) is 3.72. The van der Waals surface area contributed by atoms with Crippen molar-refractivity contribution in [2.75, 3.05) is 5.32 Å². The van der Waals surface area contributed by atoms with Crippen LogP contribution in [0, 0.1) is 5.82 Å². The molecule has 7 heteroatoms. The smallest absolute Gasteiger partial charge is 0.267 e. The summed E-state index contributed by atoms with van der Waals surface area (Å²) in [5.74, 6) is -1.75. The van der Waals surface area contributed by atoms with Crippen LogP contribution < -0.4 is 10.9 Å². The number of hydrogen-bond acceptors (Lipinski definition) is 4. The number of rotatable bonds is 2. The largest absolute Gasteiger partial charge is 0.506 e. The molecule has 1 aliphatic rings. The van der Waals surface area contributed by atoms with Crippen molar-refractivity contribution in [2.45, 2.75) is 25.8 Å². The van der Waals surface area contributed by atoms with Gasteiger partial charge in [-0.3, -0.25) is 14.6 Å². The van der Waals surface area contributed by atoms with Gasteiger partial charge in [-0.05, 0) is 49.6 Å². The van der Waals surface area contributed by atoms with Crippen LogP contribution in [-0.4, -0.2) is 20.6 Å². The SMILES string of the molecule is C[C@H]1CCc2cc(F)cc3c(O)c(C(=O)Nc4ccncc4)c(=O)n1c23. The molecule has 0 saturated carbocycles. The summed E-state index contributed by atoms with van der Waals surface area (Å²) in [6, 6.07) is 5.51. The van der Waals surface area contributed by atoms with Crippen LogP contribution in [0.1, 0.15) is 35.3 Å². The van der Waals surface area contributed by atoms with E-state index < -0.39 is 23.0 Å².